The van der Waals surface area contributed by atoms with Gasteiger partial charge in [0, 0.05) is 62.3 Å². The van der Waals surface area contributed by atoms with Gasteiger partial charge in [-0.3, -0.25) is 14.4 Å². The lowest BCUT2D eigenvalue weighted by molar-refractivity contribution is -0.147. The van der Waals surface area contributed by atoms with Crippen LogP contribution >= 0.6 is 0 Å². The lowest BCUT2D eigenvalue weighted by Gasteiger charge is -2.46. The van der Waals surface area contributed by atoms with Crippen LogP contribution < -0.4 is 10.2 Å². The van der Waals surface area contributed by atoms with Crippen LogP contribution in [0.4, 0.5) is 5.69 Å². The normalized spacial score (nSPS) is 27.4. The molecule has 1 heterocycles. The minimum Gasteiger partial charge on any atom is -0.508 e. The average Bonchev–Trinajstić information content (AvgIpc) is 2.90. The molecular formula is C30H39N3O7. The number of nitrogens with zero attached hydrogens (tertiary/aromatic N) is 2. The molecule has 5 N–H and O–H groups in total. The number of benzene rings is 1. The molecule has 1 saturated heterocycles. The number of hydrogen-bond donors (Lipinski definition) is 5. The number of rotatable bonds is 6. The van der Waals surface area contributed by atoms with Crippen LogP contribution in [0.3, 0.4) is 0 Å². The summed E-state index contributed by atoms with van der Waals surface area (Å²) in [5, 5.41) is 49.0. The number of aromatic hydroxyl groups is 1. The number of ketones is 3. The Kier molecular flexibility index (Phi) is 7.31. The highest BCUT2D eigenvalue weighted by Crippen LogP contribution is 2.53. The fourth-order valence-electron chi connectivity index (χ4n) is 6.93. The number of anilines is 1. The largest absolute Gasteiger partial charge is 0.508 e. The topological polar surface area (TPSA) is 151 Å². The molecule has 4 aliphatic rings. The van der Waals surface area contributed by atoms with Crippen LogP contribution in [-0.4, -0.2) is 88.6 Å². The van der Waals surface area contributed by atoms with E-state index in [2.05, 4.69) is 17.3 Å². The lowest BCUT2D eigenvalue weighted by atomic mass is 9.59. The van der Waals surface area contributed by atoms with Gasteiger partial charge in [-0.25, -0.2) is 0 Å². The van der Waals surface area contributed by atoms with E-state index in [9.17, 15) is 34.8 Å². The summed E-state index contributed by atoms with van der Waals surface area (Å²) in [6.07, 6.45) is 2.09. The molecule has 216 valence electrons. The summed E-state index contributed by atoms with van der Waals surface area (Å²) < 4.78 is 0. The van der Waals surface area contributed by atoms with E-state index in [0.717, 1.165) is 31.6 Å². The summed E-state index contributed by atoms with van der Waals surface area (Å²) in [7, 11) is 5.83. The van der Waals surface area contributed by atoms with Gasteiger partial charge in [-0.15, -0.1) is 0 Å². The van der Waals surface area contributed by atoms with Gasteiger partial charge in [-0.1, -0.05) is 6.92 Å². The van der Waals surface area contributed by atoms with Crippen LogP contribution in [0.1, 0.15) is 55.7 Å². The maximum Gasteiger partial charge on any atom is 0.202 e. The first-order valence-corrected chi connectivity index (χ1v) is 14.1. The Hall–Kier alpha value is -3.21. The highest BCUT2D eigenvalue weighted by molar-refractivity contribution is 6.23. The van der Waals surface area contributed by atoms with Gasteiger partial charge in [-0.2, -0.15) is 0 Å². The van der Waals surface area contributed by atoms with Gasteiger partial charge in [0.05, 0.1) is 5.56 Å². The molecule has 40 heavy (non-hydrogen) atoms. The third-order valence-corrected chi connectivity index (χ3v) is 9.25. The Morgan fingerprint density at radius 3 is 2.45 bits per heavy atom. The fraction of sp³-hybridized carbons (Fsp3) is 0.567. The SMILES string of the molecule is CCC(=O)C1=C(O)[C@@]2(O)C(=O)C3=C(O)c4c(O)c(CNC5CCN(C)CC5)cc(N(C)C)c4C[C@H]3C[C@H]2CC1=O. The van der Waals surface area contributed by atoms with Crippen LogP contribution in [0.15, 0.2) is 23.0 Å². The van der Waals surface area contributed by atoms with Gasteiger partial charge in [-0.05, 0) is 63.4 Å². The molecule has 1 aromatic rings. The highest BCUT2D eigenvalue weighted by Gasteiger charge is 2.60. The number of Topliss-reactive ketones (excluding diaryl/α,β-unsaturated/α-hetero) is 3. The Morgan fingerprint density at radius 2 is 1.82 bits per heavy atom. The molecule has 2 fully saturated rings. The van der Waals surface area contributed by atoms with E-state index in [0.29, 0.717) is 30.1 Å². The first-order chi connectivity index (χ1) is 18.9. The Bertz CT molecular complexity index is 1340. The van der Waals surface area contributed by atoms with Crippen molar-refractivity contribution < 1.29 is 34.8 Å². The summed E-state index contributed by atoms with van der Waals surface area (Å²) in [6.45, 7) is 3.86. The van der Waals surface area contributed by atoms with Crippen molar-refractivity contribution in [1.82, 2.24) is 10.2 Å². The molecule has 3 aliphatic carbocycles. The number of piperidine rings is 1. The molecule has 0 aromatic heterocycles. The van der Waals surface area contributed by atoms with Crippen LogP contribution in [0.2, 0.25) is 0 Å². The van der Waals surface area contributed by atoms with Gasteiger partial charge < -0.3 is 35.5 Å². The van der Waals surface area contributed by atoms with Crippen molar-refractivity contribution in [2.45, 2.75) is 63.6 Å². The van der Waals surface area contributed by atoms with E-state index >= 15 is 0 Å². The summed E-state index contributed by atoms with van der Waals surface area (Å²) in [6, 6.07) is 2.19. The third-order valence-electron chi connectivity index (χ3n) is 9.25. The van der Waals surface area contributed by atoms with Crippen molar-refractivity contribution in [3.63, 3.8) is 0 Å². The minimum atomic E-state index is -2.49. The number of allylic oxidation sites excluding steroid dienone is 1. The number of fused-ring (bicyclic) bond motifs is 3. The fourth-order valence-corrected chi connectivity index (χ4v) is 6.93. The molecule has 0 amide bonds. The number of phenolic OH excluding ortho intramolecular Hbond substituents is 1. The Morgan fingerprint density at radius 1 is 1.15 bits per heavy atom. The smallest absolute Gasteiger partial charge is 0.202 e. The molecule has 1 saturated carbocycles. The molecule has 3 atom stereocenters. The molecule has 1 aliphatic heterocycles. The van der Waals surface area contributed by atoms with Crippen molar-refractivity contribution in [3.8, 4) is 5.75 Å². The molecule has 10 nitrogen and oxygen atoms in total. The standard InChI is InChI=1S/C30H39N3O7/c1-5-21(34)25-22(35)13-17-10-15-11-19-20(32(2)3)12-16(14-31-18-6-8-33(4)9-7-18)26(36)24(19)27(37)23(15)28(38)30(17,40)29(25)39/h12,15,17-18,31,36-37,39-40H,5-11,13-14H2,1-4H3/t15-,17+,30+/m1/s1. The van der Waals surface area contributed by atoms with Gasteiger partial charge in [0.25, 0.3) is 0 Å². The number of carbonyl (C=O) groups excluding carboxylic acids is 3. The molecule has 1 aromatic carbocycles. The second-order valence-electron chi connectivity index (χ2n) is 11.9. The lowest BCUT2D eigenvalue weighted by Crippen LogP contribution is -2.58. The van der Waals surface area contributed by atoms with E-state index in [1.807, 2.05) is 25.1 Å². The van der Waals surface area contributed by atoms with Crippen LogP contribution in [0, 0.1) is 11.8 Å². The van der Waals surface area contributed by atoms with E-state index in [1.165, 1.54) is 6.92 Å². The van der Waals surface area contributed by atoms with Crippen LogP contribution in [0.5, 0.6) is 5.75 Å². The number of aliphatic hydroxyl groups excluding tert-OH is 2. The monoisotopic (exact) mass is 553 g/mol. The average molecular weight is 554 g/mol. The number of likely N-dealkylation sites (tertiary alicyclic amines) is 1. The number of carbonyl (C=O) groups is 3. The van der Waals surface area contributed by atoms with E-state index < -0.39 is 51.9 Å². The number of phenols is 1. The summed E-state index contributed by atoms with van der Waals surface area (Å²) in [5.41, 5.74) is -0.912. The van der Waals surface area contributed by atoms with Crippen molar-refractivity contribution in [1.29, 1.82) is 0 Å². The second-order valence-corrected chi connectivity index (χ2v) is 11.9. The van der Waals surface area contributed by atoms with Crippen LogP contribution in [0.25, 0.3) is 5.76 Å². The third kappa shape index (κ3) is 4.33. The zero-order valence-corrected chi connectivity index (χ0v) is 23.6. The zero-order chi connectivity index (χ0) is 29.1. The Balaban J connectivity index is 1.58. The van der Waals surface area contributed by atoms with E-state index in [1.54, 1.807) is 0 Å². The maximum atomic E-state index is 13.9. The predicted octanol–water partition coefficient (Wildman–Crippen LogP) is 2.17. The zero-order valence-electron chi connectivity index (χ0n) is 23.6. The van der Waals surface area contributed by atoms with E-state index in [-0.39, 0.29) is 36.1 Å². The Labute approximate surface area is 234 Å². The first-order valence-electron chi connectivity index (χ1n) is 14.1. The first kappa shape index (κ1) is 28.3. The highest BCUT2D eigenvalue weighted by atomic mass is 16.3. The van der Waals surface area contributed by atoms with Gasteiger partial charge in [0.15, 0.2) is 17.2 Å². The van der Waals surface area contributed by atoms with Crippen molar-refractivity contribution >= 4 is 28.8 Å². The molecule has 5 rings (SSSR count). The number of nitrogens with one attached hydrogen (secondary N) is 1. The molecule has 0 unspecified atom stereocenters. The van der Waals surface area contributed by atoms with Crippen molar-refractivity contribution in [3.05, 3.63) is 39.7 Å². The van der Waals surface area contributed by atoms with Crippen molar-refractivity contribution in [2.24, 2.45) is 11.8 Å². The summed E-state index contributed by atoms with van der Waals surface area (Å²) in [4.78, 5) is 43.3. The predicted molar refractivity (Wildman–Crippen MR) is 149 cm³/mol. The summed E-state index contributed by atoms with van der Waals surface area (Å²) in [5.74, 6) is -5.12. The van der Waals surface area contributed by atoms with Gasteiger partial charge >= 0.3 is 0 Å². The minimum absolute atomic E-state index is 0.0699. The number of aliphatic hydroxyl groups is 3. The molecule has 0 radical (unpaired) electrons. The molecular weight excluding hydrogens is 514 g/mol. The maximum absolute atomic E-state index is 13.9. The van der Waals surface area contributed by atoms with E-state index in [4.69, 9.17) is 0 Å². The quantitative estimate of drug-likeness (QED) is 0.332. The van der Waals surface area contributed by atoms with Gasteiger partial charge in [0.1, 0.15) is 22.8 Å². The molecule has 10 heteroatoms. The molecule has 0 spiro atoms. The second kappa shape index (κ2) is 10.3. The van der Waals surface area contributed by atoms with Gasteiger partial charge in [0.2, 0.25) is 5.78 Å². The number of hydrogen-bond acceptors (Lipinski definition) is 10. The molecule has 0 bridgehead atoms. The van der Waals surface area contributed by atoms with Crippen LogP contribution in [-0.2, 0) is 27.3 Å². The van der Waals surface area contributed by atoms with Crippen molar-refractivity contribution in [2.75, 3.05) is 39.1 Å². The summed E-state index contributed by atoms with van der Waals surface area (Å²) >= 11 is 0.